The fourth-order valence-corrected chi connectivity index (χ4v) is 2.46. The first kappa shape index (κ1) is 15.1. The van der Waals surface area contributed by atoms with Gasteiger partial charge in [0.15, 0.2) is 0 Å². The lowest BCUT2D eigenvalue weighted by molar-refractivity contribution is 0.415. The molecule has 0 spiro atoms. The fraction of sp³-hybridized carbons (Fsp3) is 0.100. The lowest BCUT2D eigenvalue weighted by atomic mass is 10.1. The summed E-state index contributed by atoms with van der Waals surface area (Å²) < 4.78 is 18.5. The molecule has 0 aromatic heterocycles. The maximum absolute atomic E-state index is 13.3. The van der Waals surface area contributed by atoms with Gasteiger partial charge in [0.2, 0.25) is 0 Å². The smallest absolute Gasteiger partial charge is 0.123 e. The van der Waals surface area contributed by atoms with Gasteiger partial charge in [-0.15, -0.1) is 0 Å². The molecule has 0 fully saturated rings. The van der Waals surface area contributed by atoms with Crippen molar-refractivity contribution in [2.45, 2.75) is 6.92 Å². The van der Waals surface area contributed by atoms with Gasteiger partial charge in [-0.05, 0) is 67.6 Å². The molecule has 3 aromatic carbocycles. The molecule has 116 valence electrons. The maximum Gasteiger partial charge on any atom is 0.123 e. The number of benzene rings is 3. The molecule has 23 heavy (non-hydrogen) atoms. The van der Waals surface area contributed by atoms with E-state index in [1.54, 1.807) is 19.2 Å². The van der Waals surface area contributed by atoms with E-state index in [1.807, 2.05) is 24.3 Å². The number of anilines is 3. The summed E-state index contributed by atoms with van der Waals surface area (Å²) in [6.45, 7) is 2.05. The second kappa shape index (κ2) is 6.53. The van der Waals surface area contributed by atoms with E-state index in [4.69, 9.17) is 4.74 Å². The third-order valence-corrected chi connectivity index (χ3v) is 3.71. The van der Waals surface area contributed by atoms with Gasteiger partial charge in [0.25, 0.3) is 0 Å². The van der Waals surface area contributed by atoms with Gasteiger partial charge in [0, 0.05) is 17.1 Å². The van der Waals surface area contributed by atoms with E-state index in [1.165, 1.54) is 17.7 Å². The fourth-order valence-electron chi connectivity index (χ4n) is 2.46. The Bertz CT molecular complexity index is 719. The van der Waals surface area contributed by atoms with Gasteiger partial charge < -0.3 is 9.64 Å². The Hall–Kier alpha value is -2.81. The summed E-state index contributed by atoms with van der Waals surface area (Å²) in [4.78, 5) is 2.08. The van der Waals surface area contributed by atoms with Crippen molar-refractivity contribution in [3.8, 4) is 5.75 Å². The van der Waals surface area contributed by atoms with Crippen LogP contribution in [-0.2, 0) is 0 Å². The first-order chi connectivity index (χ1) is 11.2. The van der Waals surface area contributed by atoms with Crippen molar-refractivity contribution >= 4 is 17.1 Å². The zero-order valence-electron chi connectivity index (χ0n) is 13.2. The number of aryl methyl sites for hydroxylation is 1. The van der Waals surface area contributed by atoms with Crippen LogP contribution in [0.25, 0.3) is 0 Å². The summed E-state index contributed by atoms with van der Waals surface area (Å²) in [7, 11) is 1.65. The summed E-state index contributed by atoms with van der Waals surface area (Å²) in [5.41, 5.74) is 4.11. The molecule has 0 amide bonds. The van der Waals surface area contributed by atoms with Crippen LogP contribution in [-0.4, -0.2) is 7.11 Å². The number of nitrogens with zero attached hydrogens (tertiary/aromatic N) is 1. The van der Waals surface area contributed by atoms with E-state index >= 15 is 0 Å². The normalized spacial score (nSPS) is 10.4. The molecular formula is C20H18FNO. The Morgan fingerprint density at radius 2 is 1.13 bits per heavy atom. The number of rotatable bonds is 4. The topological polar surface area (TPSA) is 12.5 Å². The Balaban J connectivity index is 2.08. The summed E-state index contributed by atoms with van der Waals surface area (Å²) in [6, 6.07) is 22.6. The van der Waals surface area contributed by atoms with Gasteiger partial charge in [-0.1, -0.05) is 17.7 Å². The predicted octanol–water partition coefficient (Wildman–Crippen LogP) is 5.61. The quantitative estimate of drug-likeness (QED) is 0.621. The van der Waals surface area contributed by atoms with Crippen LogP contribution in [0.2, 0.25) is 0 Å². The highest BCUT2D eigenvalue weighted by Gasteiger charge is 2.12. The molecule has 0 aliphatic carbocycles. The Morgan fingerprint density at radius 1 is 0.696 bits per heavy atom. The molecule has 0 bridgehead atoms. The zero-order chi connectivity index (χ0) is 16.2. The van der Waals surface area contributed by atoms with Crippen LogP contribution in [0.3, 0.4) is 0 Å². The minimum absolute atomic E-state index is 0.243. The Morgan fingerprint density at radius 3 is 1.61 bits per heavy atom. The van der Waals surface area contributed by atoms with Crippen LogP contribution in [0.5, 0.6) is 5.75 Å². The molecule has 0 N–H and O–H groups in total. The third-order valence-electron chi connectivity index (χ3n) is 3.71. The van der Waals surface area contributed by atoms with Gasteiger partial charge in [-0.3, -0.25) is 0 Å². The number of hydrogen-bond acceptors (Lipinski definition) is 2. The van der Waals surface area contributed by atoms with Crippen molar-refractivity contribution in [3.05, 3.63) is 84.2 Å². The largest absolute Gasteiger partial charge is 0.497 e. The van der Waals surface area contributed by atoms with Crippen molar-refractivity contribution in [1.82, 2.24) is 0 Å². The second-order valence-corrected chi connectivity index (χ2v) is 5.35. The zero-order valence-corrected chi connectivity index (χ0v) is 13.2. The monoisotopic (exact) mass is 307 g/mol. The molecule has 0 aliphatic heterocycles. The summed E-state index contributed by atoms with van der Waals surface area (Å²) in [5, 5.41) is 0. The highest BCUT2D eigenvalue weighted by atomic mass is 19.1. The highest BCUT2D eigenvalue weighted by Crippen LogP contribution is 2.35. The van der Waals surface area contributed by atoms with Crippen LogP contribution >= 0.6 is 0 Å². The van der Waals surface area contributed by atoms with Gasteiger partial charge in [0.05, 0.1) is 7.11 Å². The summed E-state index contributed by atoms with van der Waals surface area (Å²) in [5.74, 6) is 0.559. The average Bonchev–Trinajstić information content (AvgIpc) is 2.59. The van der Waals surface area contributed by atoms with E-state index in [-0.39, 0.29) is 5.82 Å². The van der Waals surface area contributed by atoms with Gasteiger partial charge in [-0.2, -0.15) is 0 Å². The molecule has 0 atom stereocenters. The van der Waals surface area contributed by atoms with E-state index < -0.39 is 0 Å². The minimum Gasteiger partial charge on any atom is -0.497 e. The molecule has 0 radical (unpaired) electrons. The third kappa shape index (κ3) is 3.34. The van der Waals surface area contributed by atoms with E-state index in [9.17, 15) is 4.39 Å². The molecule has 3 heteroatoms. The van der Waals surface area contributed by atoms with Crippen molar-refractivity contribution in [2.24, 2.45) is 0 Å². The molecule has 0 aliphatic rings. The standard InChI is InChI=1S/C20H18FNO/c1-15-3-7-17(8-4-15)22(18-9-5-16(21)6-10-18)19-11-13-20(23-2)14-12-19/h3-14H,1-2H3. The first-order valence-corrected chi connectivity index (χ1v) is 7.44. The number of methoxy groups -OCH3 is 1. The number of ether oxygens (including phenoxy) is 1. The average molecular weight is 307 g/mol. The molecule has 0 saturated heterocycles. The number of hydrogen-bond donors (Lipinski definition) is 0. The van der Waals surface area contributed by atoms with E-state index in [0.29, 0.717) is 0 Å². The number of halogens is 1. The Labute approximate surface area is 135 Å². The van der Waals surface area contributed by atoms with Crippen molar-refractivity contribution in [1.29, 1.82) is 0 Å². The van der Waals surface area contributed by atoms with Gasteiger partial charge in [-0.25, -0.2) is 4.39 Å². The highest BCUT2D eigenvalue weighted by molar-refractivity contribution is 5.76. The second-order valence-electron chi connectivity index (χ2n) is 5.35. The van der Waals surface area contributed by atoms with E-state index in [0.717, 1.165) is 22.8 Å². The summed E-state index contributed by atoms with van der Waals surface area (Å²) >= 11 is 0. The maximum atomic E-state index is 13.3. The van der Waals surface area contributed by atoms with Crippen LogP contribution in [0.1, 0.15) is 5.56 Å². The van der Waals surface area contributed by atoms with Crippen molar-refractivity contribution < 1.29 is 9.13 Å². The summed E-state index contributed by atoms with van der Waals surface area (Å²) in [6.07, 6.45) is 0. The molecule has 0 unspecified atom stereocenters. The molecule has 0 saturated carbocycles. The van der Waals surface area contributed by atoms with Crippen LogP contribution in [0.4, 0.5) is 21.5 Å². The van der Waals surface area contributed by atoms with E-state index in [2.05, 4.69) is 36.1 Å². The van der Waals surface area contributed by atoms with Crippen molar-refractivity contribution in [2.75, 3.05) is 12.0 Å². The van der Waals surface area contributed by atoms with Crippen molar-refractivity contribution in [3.63, 3.8) is 0 Å². The molecule has 3 aromatic rings. The lowest BCUT2D eigenvalue weighted by Crippen LogP contribution is -2.09. The SMILES string of the molecule is COc1ccc(N(c2ccc(C)cc2)c2ccc(F)cc2)cc1. The molecule has 3 rings (SSSR count). The van der Waals surface area contributed by atoms with Crippen LogP contribution in [0, 0.1) is 12.7 Å². The molecule has 0 heterocycles. The molecular weight excluding hydrogens is 289 g/mol. The lowest BCUT2D eigenvalue weighted by Gasteiger charge is -2.25. The Kier molecular flexibility index (Phi) is 4.29. The van der Waals surface area contributed by atoms with Gasteiger partial charge >= 0.3 is 0 Å². The first-order valence-electron chi connectivity index (χ1n) is 7.44. The van der Waals surface area contributed by atoms with Gasteiger partial charge in [0.1, 0.15) is 11.6 Å². The van der Waals surface area contributed by atoms with Crippen LogP contribution in [0.15, 0.2) is 72.8 Å². The van der Waals surface area contributed by atoms with Crippen LogP contribution < -0.4 is 9.64 Å². The molecule has 2 nitrogen and oxygen atoms in total. The predicted molar refractivity (Wildman–Crippen MR) is 92.4 cm³/mol. The minimum atomic E-state index is -0.243.